The molecule has 0 bridgehead atoms. The summed E-state index contributed by atoms with van der Waals surface area (Å²) in [6, 6.07) is -0.214. The van der Waals surface area contributed by atoms with Gasteiger partial charge in [-0.2, -0.15) is 0 Å². The van der Waals surface area contributed by atoms with E-state index in [2.05, 4.69) is 37.8 Å². The van der Waals surface area contributed by atoms with E-state index in [9.17, 15) is 4.79 Å². The number of halogens is 1. The Morgan fingerprint density at radius 1 is 1.64 bits per heavy atom. The van der Waals surface area contributed by atoms with Crippen molar-refractivity contribution in [3.8, 4) is 0 Å². The predicted molar refractivity (Wildman–Crippen MR) is 56.5 cm³/mol. The normalized spacial score (nSPS) is 11.9. The summed E-state index contributed by atoms with van der Waals surface area (Å²) in [7, 11) is 0. The van der Waals surface area contributed by atoms with E-state index in [1.165, 1.54) is 6.08 Å². The van der Waals surface area contributed by atoms with Crippen LogP contribution in [0.4, 0.5) is 0 Å². The number of rotatable bonds is 3. The Labute approximate surface area is 90.6 Å². The Bertz CT molecular complexity index is 336. The highest BCUT2D eigenvalue weighted by Gasteiger charge is 2.09. The maximum atomic E-state index is 11.0. The predicted octanol–water partition coefficient (Wildman–Crippen LogP) is 1.60. The van der Waals surface area contributed by atoms with Crippen molar-refractivity contribution in [3.05, 3.63) is 35.3 Å². The molecule has 0 aliphatic rings. The molecule has 1 rings (SSSR count). The van der Waals surface area contributed by atoms with Gasteiger partial charge in [-0.05, 0) is 28.9 Å². The molecule has 1 N–H and O–H groups in total. The fourth-order valence-corrected chi connectivity index (χ4v) is 1.09. The number of aromatic nitrogens is 2. The fraction of sp³-hybridized carbons (Fsp3) is 0.222. The third kappa shape index (κ3) is 2.92. The molecule has 4 nitrogen and oxygen atoms in total. The summed E-state index contributed by atoms with van der Waals surface area (Å²) in [6.07, 6.45) is 4.49. The van der Waals surface area contributed by atoms with Gasteiger partial charge in [-0.15, -0.1) is 0 Å². The molecular formula is C9H10BrN3O. The molecule has 0 aliphatic heterocycles. The summed E-state index contributed by atoms with van der Waals surface area (Å²) in [5.74, 6) is 0.340. The van der Waals surface area contributed by atoms with Crippen molar-refractivity contribution in [2.24, 2.45) is 0 Å². The largest absolute Gasteiger partial charge is 0.343 e. The summed E-state index contributed by atoms with van der Waals surface area (Å²) in [6.45, 7) is 5.17. The van der Waals surface area contributed by atoms with Gasteiger partial charge in [0, 0.05) is 12.4 Å². The molecule has 1 amide bonds. The summed E-state index contributed by atoms with van der Waals surface area (Å²) in [4.78, 5) is 19.1. The van der Waals surface area contributed by atoms with Gasteiger partial charge in [0.2, 0.25) is 5.91 Å². The van der Waals surface area contributed by atoms with Crippen LogP contribution in [0.25, 0.3) is 0 Å². The van der Waals surface area contributed by atoms with Crippen LogP contribution < -0.4 is 5.32 Å². The first-order chi connectivity index (χ1) is 6.63. The van der Waals surface area contributed by atoms with Gasteiger partial charge in [-0.25, -0.2) is 9.97 Å². The third-order valence-electron chi connectivity index (χ3n) is 1.57. The smallest absolute Gasteiger partial charge is 0.243 e. The molecule has 0 spiro atoms. The molecule has 0 aromatic carbocycles. The molecule has 0 saturated carbocycles. The van der Waals surface area contributed by atoms with Crippen molar-refractivity contribution >= 4 is 21.8 Å². The second kappa shape index (κ2) is 4.85. The quantitative estimate of drug-likeness (QED) is 0.836. The minimum atomic E-state index is -0.232. The van der Waals surface area contributed by atoms with Crippen molar-refractivity contribution in [1.82, 2.24) is 15.3 Å². The molecule has 1 heterocycles. The van der Waals surface area contributed by atoms with E-state index in [-0.39, 0.29) is 11.9 Å². The van der Waals surface area contributed by atoms with Gasteiger partial charge in [-0.1, -0.05) is 6.58 Å². The van der Waals surface area contributed by atoms with Crippen molar-refractivity contribution in [2.75, 3.05) is 0 Å². The first-order valence-electron chi connectivity index (χ1n) is 4.04. The summed E-state index contributed by atoms with van der Waals surface area (Å²) in [5, 5.41) is 2.67. The highest BCUT2D eigenvalue weighted by molar-refractivity contribution is 9.10. The van der Waals surface area contributed by atoms with Gasteiger partial charge >= 0.3 is 0 Å². The minimum Gasteiger partial charge on any atom is -0.343 e. The van der Waals surface area contributed by atoms with Crippen LogP contribution in [0.5, 0.6) is 0 Å². The number of amides is 1. The number of hydrogen-bond acceptors (Lipinski definition) is 3. The van der Waals surface area contributed by atoms with Crippen LogP contribution in [0.3, 0.4) is 0 Å². The van der Waals surface area contributed by atoms with Gasteiger partial charge in [0.25, 0.3) is 0 Å². The lowest BCUT2D eigenvalue weighted by Crippen LogP contribution is -2.25. The molecule has 1 atom stereocenters. The molecule has 1 aromatic rings. The van der Waals surface area contributed by atoms with Crippen molar-refractivity contribution < 1.29 is 4.79 Å². The molecule has 1 aromatic heterocycles. The lowest BCUT2D eigenvalue weighted by molar-refractivity contribution is -0.117. The monoisotopic (exact) mass is 255 g/mol. The first-order valence-corrected chi connectivity index (χ1v) is 4.83. The SMILES string of the molecule is C=CC(=O)N[C@@H](C)c1ncc(Br)cn1. The Kier molecular flexibility index (Phi) is 3.76. The molecule has 0 aliphatic carbocycles. The number of hydrogen-bond donors (Lipinski definition) is 1. The number of carbonyl (C=O) groups excluding carboxylic acids is 1. The van der Waals surface area contributed by atoms with Gasteiger partial charge in [0.15, 0.2) is 0 Å². The van der Waals surface area contributed by atoms with Crippen molar-refractivity contribution in [2.45, 2.75) is 13.0 Å². The van der Waals surface area contributed by atoms with Crippen LogP contribution in [-0.2, 0) is 4.79 Å². The van der Waals surface area contributed by atoms with Gasteiger partial charge in [-0.3, -0.25) is 4.79 Å². The molecule has 0 radical (unpaired) electrons. The zero-order valence-electron chi connectivity index (χ0n) is 7.70. The highest BCUT2D eigenvalue weighted by Crippen LogP contribution is 2.09. The Morgan fingerprint density at radius 3 is 2.71 bits per heavy atom. The van der Waals surface area contributed by atoms with E-state index < -0.39 is 0 Å². The molecule has 0 fully saturated rings. The molecule has 0 unspecified atom stereocenters. The summed E-state index contributed by atoms with van der Waals surface area (Å²) >= 11 is 3.23. The van der Waals surface area contributed by atoms with E-state index >= 15 is 0 Å². The third-order valence-corrected chi connectivity index (χ3v) is 1.98. The second-order valence-electron chi connectivity index (χ2n) is 2.69. The first kappa shape index (κ1) is 10.8. The van der Waals surface area contributed by atoms with Crippen molar-refractivity contribution in [1.29, 1.82) is 0 Å². The average Bonchev–Trinajstić information content (AvgIpc) is 2.18. The number of carbonyl (C=O) groups is 1. The van der Waals surface area contributed by atoms with Gasteiger partial charge in [0.05, 0.1) is 10.5 Å². The van der Waals surface area contributed by atoms with Crippen LogP contribution >= 0.6 is 15.9 Å². The van der Waals surface area contributed by atoms with E-state index in [0.717, 1.165) is 4.47 Å². The van der Waals surface area contributed by atoms with E-state index in [0.29, 0.717) is 5.82 Å². The zero-order valence-corrected chi connectivity index (χ0v) is 9.28. The molecule has 0 saturated heterocycles. The van der Waals surface area contributed by atoms with Crippen molar-refractivity contribution in [3.63, 3.8) is 0 Å². The van der Waals surface area contributed by atoms with Crippen LogP contribution in [-0.4, -0.2) is 15.9 Å². The number of nitrogens with one attached hydrogen (secondary N) is 1. The maximum Gasteiger partial charge on any atom is 0.243 e. The zero-order chi connectivity index (χ0) is 10.6. The van der Waals surface area contributed by atoms with E-state index in [1.807, 2.05) is 6.92 Å². The van der Waals surface area contributed by atoms with Crippen LogP contribution in [0.15, 0.2) is 29.5 Å². The average molecular weight is 256 g/mol. The van der Waals surface area contributed by atoms with Crippen LogP contribution in [0.2, 0.25) is 0 Å². The Hall–Kier alpha value is -1.23. The lowest BCUT2D eigenvalue weighted by atomic mass is 10.3. The molecular weight excluding hydrogens is 246 g/mol. The minimum absolute atomic E-state index is 0.214. The standard InChI is InChI=1S/C9H10BrN3O/c1-3-8(14)13-6(2)9-11-4-7(10)5-12-9/h3-6H,1H2,2H3,(H,13,14)/t6-/m0/s1. The number of nitrogens with zero attached hydrogens (tertiary/aromatic N) is 2. The highest BCUT2D eigenvalue weighted by atomic mass is 79.9. The van der Waals surface area contributed by atoms with Crippen LogP contribution in [0, 0.1) is 0 Å². The molecule has 5 heteroatoms. The topological polar surface area (TPSA) is 54.9 Å². The Balaban J connectivity index is 2.69. The van der Waals surface area contributed by atoms with E-state index in [1.54, 1.807) is 12.4 Å². The van der Waals surface area contributed by atoms with Gasteiger partial charge < -0.3 is 5.32 Å². The van der Waals surface area contributed by atoms with Gasteiger partial charge in [0.1, 0.15) is 5.82 Å². The van der Waals surface area contributed by atoms with Crippen LogP contribution in [0.1, 0.15) is 18.8 Å². The maximum absolute atomic E-state index is 11.0. The summed E-state index contributed by atoms with van der Waals surface area (Å²) in [5.41, 5.74) is 0. The summed E-state index contributed by atoms with van der Waals surface area (Å²) < 4.78 is 0.809. The molecule has 74 valence electrons. The lowest BCUT2D eigenvalue weighted by Gasteiger charge is -2.10. The second-order valence-corrected chi connectivity index (χ2v) is 3.61. The molecule has 14 heavy (non-hydrogen) atoms. The van der Waals surface area contributed by atoms with E-state index in [4.69, 9.17) is 0 Å². The fourth-order valence-electron chi connectivity index (χ4n) is 0.883. The Morgan fingerprint density at radius 2 is 2.21 bits per heavy atom.